The Morgan fingerprint density at radius 2 is 1.10 bits per heavy atom. The van der Waals surface area contributed by atoms with Crippen molar-refractivity contribution in [3.8, 4) is 0 Å². The molecule has 0 saturated carbocycles. The molecule has 4 aromatic heterocycles. The average molecular weight is 717 g/mol. The monoisotopic (exact) mass is 716 g/mol. The van der Waals surface area contributed by atoms with Gasteiger partial charge >= 0.3 is 5.97 Å². The van der Waals surface area contributed by atoms with Crippen LogP contribution in [0.4, 0.5) is 5.69 Å². The number of hydrogen-bond donors (Lipinski definition) is 3. The largest absolute Gasteiger partial charge is 0.479 e. The molecule has 3 N–H and O–H groups in total. The summed E-state index contributed by atoms with van der Waals surface area (Å²) in [7, 11) is 0. The van der Waals surface area contributed by atoms with E-state index in [2.05, 4.69) is 47.4 Å². The first-order valence-electron chi connectivity index (χ1n) is 16.1. The third-order valence-electron chi connectivity index (χ3n) is 8.76. The lowest BCUT2D eigenvalue weighted by Crippen LogP contribution is -2.50. The molecule has 2 atom stereocenters. The van der Waals surface area contributed by atoms with Crippen LogP contribution in [-0.4, -0.2) is 87.6 Å². The van der Waals surface area contributed by atoms with Crippen LogP contribution < -0.4 is 4.90 Å². The van der Waals surface area contributed by atoms with Gasteiger partial charge in [-0.1, -0.05) is 103 Å². The molecule has 1 aliphatic heterocycles. The molecule has 0 aliphatic carbocycles. The average Bonchev–Trinajstić information content (AvgIpc) is 3.87. The smallest absolute Gasteiger partial charge is 0.331 e. The Morgan fingerprint density at radius 1 is 0.647 bits per heavy atom. The molecule has 1 aliphatic rings. The van der Waals surface area contributed by atoms with Crippen molar-refractivity contribution in [1.29, 1.82) is 0 Å². The Kier molecular flexibility index (Phi) is 9.72. The number of carboxylic acid groups (broad SMARTS) is 1. The second-order valence-corrected chi connectivity index (χ2v) is 12.6. The Hall–Kier alpha value is -6.06. The van der Waals surface area contributed by atoms with Gasteiger partial charge in [-0.3, -0.25) is 15.0 Å². The van der Waals surface area contributed by atoms with E-state index in [9.17, 15) is 14.7 Å². The summed E-state index contributed by atoms with van der Waals surface area (Å²) in [5, 5.41) is 24.3. The number of hydrogen-bond acceptors (Lipinski definition) is 9. The van der Waals surface area contributed by atoms with E-state index >= 15 is 0 Å². The molecule has 7 aromatic rings. The molecule has 5 heterocycles. The number of carbonyl (C=O) groups excluding carboxylic acids is 1. The Balaban J connectivity index is 0.000000175. The topological polar surface area (TPSA) is 154 Å². The van der Waals surface area contributed by atoms with Crippen LogP contribution in [0.1, 0.15) is 23.2 Å². The minimum Gasteiger partial charge on any atom is -0.479 e. The van der Waals surface area contributed by atoms with E-state index in [0.717, 1.165) is 24.0 Å². The number of carboxylic acids is 1. The quantitative estimate of drug-likeness (QED) is 0.178. The van der Waals surface area contributed by atoms with E-state index in [4.69, 9.17) is 24.4 Å². The number of rotatable bonds is 7. The van der Waals surface area contributed by atoms with Gasteiger partial charge in [-0.05, 0) is 23.3 Å². The number of amides is 1. The van der Waals surface area contributed by atoms with E-state index in [1.165, 1.54) is 16.6 Å². The number of H-pyrrole nitrogens is 2. The molecule has 1 saturated heterocycles. The summed E-state index contributed by atoms with van der Waals surface area (Å²) in [6, 6.07) is 27.5. The minimum atomic E-state index is -0.989. The summed E-state index contributed by atoms with van der Waals surface area (Å²) in [6.45, 7) is 2.90. The Bertz CT molecular complexity index is 2400. The van der Waals surface area contributed by atoms with Crippen LogP contribution in [0.2, 0.25) is 0 Å². The van der Waals surface area contributed by atoms with Crippen LogP contribution in [-0.2, 0) is 9.59 Å². The maximum absolute atomic E-state index is 13.8. The third-order valence-corrected chi connectivity index (χ3v) is 9.62. The molecule has 15 heteroatoms. The van der Waals surface area contributed by atoms with Crippen LogP contribution in [0.5, 0.6) is 0 Å². The summed E-state index contributed by atoms with van der Waals surface area (Å²) in [4.78, 5) is 38.2. The van der Waals surface area contributed by atoms with Gasteiger partial charge in [-0.2, -0.15) is 10.2 Å². The number of piperazine rings is 1. The van der Waals surface area contributed by atoms with Crippen molar-refractivity contribution in [3.05, 3.63) is 136 Å². The van der Waals surface area contributed by atoms with Crippen molar-refractivity contribution in [1.82, 2.24) is 44.4 Å². The zero-order chi connectivity index (χ0) is 35.3. The number of fused-ring (bicyclic) bond motifs is 2. The fourth-order valence-electron chi connectivity index (χ4n) is 6.17. The lowest BCUT2D eigenvalue weighted by atomic mass is 10.0. The fraction of sp³-hybridized carbons (Fsp3) is 0.167. The van der Waals surface area contributed by atoms with Crippen molar-refractivity contribution >= 4 is 64.1 Å². The maximum atomic E-state index is 13.8. The Morgan fingerprint density at radius 3 is 1.59 bits per heavy atom. The number of aromatic nitrogens is 8. The summed E-state index contributed by atoms with van der Waals surface area (Å²) >= 11 is 11.1. The van der Waals surface area contributed by atoms with Gasteiger partial charge in [-0.25, -0.2) is 14.8 Å². The van der Waals surface area contributed by atoms with Gasteiger partial charge in [0.1, 0.15) is 15.3 Å². The van der Waals surface area contributed by atoms with E-state index < -0.39 is 18.1 Å². The predicted octanol–water partition coefficient (Wildman–Crippen LogP) is 5.59. The SMILES string of the molecule is O=C(C(c1ccccc1)n1cnc2[nH]ncc2c1=S)N1CCN(c2ccccc2)CC1.O=C(O)C(c1ccccc1)n1cnc2[nH]ncc2c1=S. The number of nitrogens with zero attached hydrogens (tertiary/aromatic N) is 8. The van der Waals surface area contributed by atoms with Gasteiger partial charge in [0.15, 0.2) is 17.3 Å². The molecular weight excluding hydrogens is 685 g/mol. The van der Waals surface area contributed by atoms with Crippen LogP contribution in [0, 0.1) is 9.28 Å². The molecule has 0 bridgehead atoms. The molecule has 0 radical (unpaired) electrons. The first kappa shape index (κ1) is 33.4. The number of benzene rings is 3. The van der Waals surface area contributed by atoms with E-state index in [1.807, 2.05) is 59.5 Å². The lowest BCUT2D eigenvalue weighted by molar-refractivity contribution is -0.139. The maximum Gasteiger partial charge on any atom is 0.331 e. The highest BCUT2D eigenvalue weighted by Gasteiger charge is 2.31. The molecule has 256 valence electrons. The first-order valence-corrected chi connectivity index (χ1v) is 16.9. The molecule has 2 unspecified atom stereocenters. The molecular formula is C36H32N10O3S2. The standard InChI is InChI=1S/C23H22N6OS.C13H10N4O2S/c30-22(28-13-11-27(12-14-28)18-9-5-2-6-10-18)20(17-7-3-1-4-8-17)29-16-24-21-19(23(29)31)15-25-26-21;18-13(19)10(8-4-2-1-3-5-8)17-7-14-11-9(12(17)20)6-15-16-11/h1-10,15-16,20H,11-14H2,(H,25,26);1-7,10H,(H,15,16)(H,18,19). The van der Waals surface area contributed by atoms with Crippen molar-refractivity contribution in [3.63, 3.8) is 0 Å². The number of aliphatic carboxylic acids is 1. The summed E-state index contributed by atoms with van der Waals surface area (Å²) in [6.07, 6.45) is 6.27. The number of aromatic amines is 2. The fourth-order valence-corrected chi connectivity index (χ4v) is 6.77. The van der Waals surface area contributed by atoms with E-state index in [-0.39, 0.29) is 5.91 Å². The molecule has 13 nitrogen and oxygen atoms in total. The lowest BCUT2D eigenvalue weighted by Gasteiger charge is -2.38. The highest BCUT2D eigenvalue weighted by atomic mass is 32.1. The highest BCUT2D eigenvalue weighted by Crippen LogP contribution is 2.26. The molecule has 3 aromatic carbocycles. The molecule has 1 fully saturated rings. The zero-order valence-corrected chi connectivity index (χ0v) is 28.7. The van der Waals surface area contributed by atoms with Crippen LogP contribution in [0.15, 0.2) is 116 Å². The van der Waals surface area contributed by atoms with Crippen molar-refractivity contribution in [2.24, 2.45) is 0 Å². The molecule has 1 amide bonds. The summed E-state index contributed by atoms with van der Waals surface area (Å²) in [5.74, 6) is -0.961. The molecule has 0 spiro atoms. The van der Waals surface area contributed by atoms with Crippen molar-refractivity contribution in [2.75, 3.05) is 31.1 Å². The van der Waals surface area contributed by atoms with Gasteiger partial charge in [0.05, 0.1) is 35.8 Å². The second kappa shape index (κ2) is 14.8. The van der Waals surface area contributed by atoms with Gasteiger partial charge in [0, 0.05) is 31.9 Å². The van der Waals surface area contributed by atoms with E-state index in [0.29, 0.717) is 44.6 Å². The Labute approximate surface area is 301 Å². The van der Waals surface area contributed by atoms with E-state index in [1.54, 1.807) is 47.6 Å². The highest BCUT2D eigenvalue weighted by molar-refractivity contribution is 7.71. The normalized spacial score (nSPS) is 14.1. The number of nitrogens with one attached hydrogen (secondary N) is 2. The number of carbonyl (C=O) groups is 2. The zero-order valence-electron chi connectivity index (χ0n) is 27.1. The molecule has 8 rings (SSSR count). The van der Waals surface area contributed by atoms with Gasteiger partial charge in [-0.15, -0.1) is 0 Å². The van der Waals surface area contributed by atoms with Crippen molar-refractivity contribution in [2.45, 2.75) is 12.1 Å². The number of para-hydroxylation sites is 1. The van der Waals surface area contributed by atoms with Crippen molar-refractivity contribution < 1.29 is 14.7 Å². The van der Waals surface area contributed by atoms with Gasteiger partial charge in [0.2, 0.25) is 5.91 Å². The van der Waals surface area contributed by atoms with Crippen LogP contribution in [0.3, 0.4) is 0 Å². The number of anilines is 1. The summed E-state index contributed by atoms with van der Waals surface area (Å²) in [5.41, 5.74) is 3.88. The third kappa shape index (κ3) is 6.89. The minimum absolute atomic E-state index is 0.0275. The molecule has 51 heavy (non-hydrogen) atoms. The first-order chi connectivity index (χ1) is 24.9. The summed E-state index contributed by atoms with van der Waals surface area (Å²) < 4.78 is 4.18. The predicted molar refractivity (Wildman–Crippen MR) is 197 cm³/mol. The second-order valence-electron chi connectivity index (χ2n) is 11.8. The van der Waals surface area contributed by atoms with Gasteiger partial charge < -0.3 is 24.0 Å². The van der Waals surface area contributed by atoms with Crippen LogP contribution >= 0.6 is 24.4 Å². The van der Waals surface area contributed by atoms with Gasteiger partial charge in [0.25, 0.3) is 0 Å². The van der Waals surface area contributed by atoms with Crippen LogP contribution in [0.25, 0.3) is 22.1 Å².